The molecule has 0 radical (unpaired) electrons. The average Bonchev–Trinajstić information content (AvgIpc) is 2.31. The Bertz CT molecular complexity index is 313. The van der Waals surface area contributed by atoms with E-state index in [0.717, 1.165) is 0 Å². The zero-order valence-corrected chi connectivity index (χ0v) is 9.95. The summed E-state index contributed by atoms with van der Waals surface area (Å²) in [5.41, 5.74) is -2.24. The molecule has 2 aliphatic rings. The Labute approximate surface area is 87.9 Å². The van der Waals surface area contributed by atoms with Gasteiger partial charge in [-0.2, -0.15) is 0 Å². The highest BCUT2D eigenvalue weighted by molar-refractivity contribution is 6.61. The van der Waals surface area contributed by atoms with E-state index in [1.807, 2.05) is 0 Å². The summed E-state index contributed by atoms with van der Waals surface area (Å²) in [6, 6.07) is 0. The van der Waals surface area contributed by atoms with E-state index in [4.69, 9.17) is 17.7 Å². The van der Waals surface area contributed by atoms with Crippen molar-refractivity contribution in [1.82, 2.24) is 0 Å². The lowest BCUT2D eigenvalue weighted by Gasteiger charge is -2.15. The van der Waals surface area contributed by atoms with Crippen molar-refractivity contribution in [3.8, 4) is 0 Å². The third-order valence-corrected chi connectivity index (χ3v) is 4.57. The molecule has 2 saturated heterocycles. The van der Waals surface area contributed by atoms with E-state index in [1.165, 1.54) is 0 Å². The summed E-state index contributed by atoms with van der Waals surface area (Å²) >= 11 is 0. The first-order valence-electron chi connectivity index (χ1n) is 4.54. The standard InChI is InChI=1S/C8H12O6Si/c1-7(2)5(9)11-15(13-7)12-6(10)8(3,4)14-15/h1-4H3. The van der Waals surface area contributed by atoms with E-state index >= 15 is 0 Å². The van der Waals surface area contributed by atoms with Gasteiger partial charge in [-0.3, -0.25) is 9.59 Å². The second-order valence-electron chi connectivity index (χ2n) is 4.50. The SMILES string of the molecule is CC1(C)O[Si]2(OC1=O)OC(=O)C(C)(C)O2. The van der Waals surface area contributed by atoms with Gasteiger partial charge < -0.3 is 17.7 Å². The number of hydrogen-bond donors (Lipinski definition) is 0. The molecular weight excluding hydrogens is 220 g/mol. The average molecular weight is 232 g/mol. The van der Waals surface area contributed by atoms with Gasteiger partial charge in [-0.25, -0.2) is 0 Å². The normalized spacial score (nSPS) is 30.4. The maximum Gasteiger partial charge on any atom is 0.826 e. The van der Waals surface area contributed by atoms with Crippen LogP contribution in [0.15, 0.2) is 0 Å². The van der Waals surface area contributed by atoms with Crippen LogP contribution in [0.4, 0.5) is 0 Å². The van der Waals surface area contributed by atoms with E-state index < -0.39 is 32.2 Å². The van der Waals surface area contributed by atoms with Gasteiger partial charge in [0.25, 0.3) is 0 Å². The maximum atomic E-state index is 11.4. The molecule has 0 unspecified atom stereocenters. The summed E-state index contributed by atoms with van der Waals surface area (Å²) in [6.45, 7) is 6.17. The largest absolute Gasteiger partial charge is 0.826 e. The van der Waals surface area contributed by atoms with Crippen LogP contribution in [0, 0.1) is 0 Å². The molecule has 0 saturated carbocycles. The number of hydrogen-bond acceptors (Lipinski definition) is 6. The van der Waals surface area contributed by atoms with Crippen LogP contribution in [0.1, 0.15) is 27.7 Å². The Kier molecular flexibility index (Phi) is 1.84. The van der Waals surface area contributed by atoms with Gasteiger partial charge in [-0.05, 0) is 27.7 Å². The molecule has 0 aromatic carbocycles. The summed E-state index contributed by atoms with van der Waals surface area (Å²) in [7, 11) is -3.57. The number of carbonyl (C=O) groups excluding carboxylic acids is 2. The monoisotopic (exact) mass is 232 g/mol. The van der Waals surface area contributed by atoms with Gasteiger partial charge in [-0.1, -0.05) is 0 Å². The lowest BCUT2D eigenvalue weighted by molar-refractivity contribution is -0.141. The molecule has 2 heterocycles. The zero-order chi connectivity index (χ0) is 11.5. The van der Waals surface area contributed by atoms with Gasteiger partial charge in [-0.15, -0.1) is 0 Å². The molecule has 15 heavy (non-hydrogen) atoms. The Morgan fingerprint density at radius 3 is 1.40 bits per heavy atom. The van der Waals surface area contributed by atoms with Crippen LogP contribution >= 0.6 is 0 Å². The van der Waals surface area contributed by atoms with Crippen molar-refractivity contribution < 1.29 is 27.3 Å². The lowest BCUT2D eigenvalue weighted by atomic mass is 10.1. The van der Waals surface area contributed by atoms with Gasteiger partial charge in [0.15, 0.2) is 11.2 Å². The van der Waals surface area contributed by atoms with Crippen molar-refractivity contribution in [3.05, 3.63) is 0 Å². The number of carbonyl (C=O) groups is 2. The molecule has 2 fully saturated rings. The third-order valence-electron chi connectivity index (χ3n) is 2.18. The van der Waals surface area contributed by atoms with Crippen LogP contribution in [-0.4, -0.2) is 32.2 Å². The first-order valence-corrected chi connectivity index (χ1v) is 6.17. The topological polar surface area (TPSA) is 71.1 Å². The van der Waals surface area contributed by atoms with Gasteiger partial charge >= 0.3 is 21.0 Å². The molecule has 0 aliphatic carbocycles. The van der Waals surface area contributed by atoms with Crippen LogP contribution in [0.5, 0.6) is 0 Å². The minimum Gasteiger partial charge on any atom is -0.440 e. The zero-order valence-electron chi connectivity index (χ0n) is 8.95. The van der Waals surface area contributed by atoms with Gasteiger partial charge in [0.05, 0.1) is 0 Å². The van der Waals surface area contributed by atoms with Crippen molar-refractivity contribution in [3.63, 3.8) is 0 Å². The number of rotatable bonds is 0. The third kappa shape index (κ3) is 1.47. The van der Waals surface area contributed by atoms with Crippen LogP contribution in [-0.2, 0) is 27.3 Å². The Balaban J connectivity index is 2.27. The Morgan fingerprint density at radius 1 is 0.867 bits per heavy atom. The summed E-state index contributed by atoms with van der Waals surface area (Å²) < 4.78 is 20.5. The minimum absolute atomic E-state index is 0.570. The molecule has 2 aliphatic heterocycles. The van der Waals surface area contributed by atoms with E-state index in [2.05, 4.69) is 0 Å². The highest BCUT2D eigenvalue weighted by Gasteiger charge is 2.73. The predicted octanol–water partition coefficient (Wildman–Crippen LogP) is 0.126. The second-order valence-corrected chi connectivity index (χ2v) is 6.32. The molecule has 7 heteroatoms. The van der Waals surface area contributed by atoms with E-state index in [1.54, 1.807) is 27.7 Å². The fourth-order valence-electron chi connectivity index (χ4n) is 1.31. The van der Waals surface area contributed by atoms with Crippen LogP contribution in [0.25, 0.3) is 0 Å². The van der Waals surface area contributed by atoms with E-state index in [9.17, 15) is 9.59 Å². The highest BCUT2D eigenvalue weighted by atomic mass is 28.4. The molecule has 1 spiro atoms. The fourth-order valence-corrected chi connectivity index (χ4v) is 3.92. The van der Waals surface area contributed by atoms with Crippen LogP contribution in [0.3, 0.4) is 0 Å². The summed E-state index contributed by atoms with van der Waals surface area (Å²) in [5.74, 6) is -1.14. The second kappa shape index (κ2) is 2.60. The van der Waals surface area contributed by atoms with E-state index in [0.29, 0.717) is 0 Å². The molecule has 0 amide bonds. The Hall–Kier alpha value is -0.923. The fraction of sp³-hybridized carbons (Fsp3) is 0.750. The van der Waals surface area contributed by atoms with Crippen molar-refractivity contribution in [2.75, 3.05) is 0 Å². The van der Waals surface area contributed by atoms with Crippen molar-refractivity contribution >= 4 is 21.0 Å². The molecule has 0 aromatic rings. The van der Waals surface area contributed by atoms with Crippen molar-refractivity contribution in [1.29, 1.82) is 0 Å². The smallest absolute Gasteiger partial charge is 0.440 e. The molecule has 84 valence electrons. The molecule has 0 atom stereocenters. The van der Waals surface area contributed by atoms with Crippen molar-refractivity contribution in [2.24, 2.45) is 0 Å². The first kappa shape index (κ1) is 10.6. The summed E-state index contributed by atoms with van der Waals surface area (Å²) in [5, 5.41) is 0. The Morgan fingerprint density at radius 2 is 1.20 bits per heavy atom. The van der Waals surface area contributed by atoms with Crippen LogP contribution in [0.2, 0.25) is 0 Å². The summed E-state index contributed by atoms with van der Waals surface area (Å²) in [6.07, 6.45) is 0. The molecule has 0 aromatic heterocycles. The minimum atomic E-state index is -3.57. The first-order chi connectivity index (χ1) is 6.67. The van der Waals surface area contributed by atoms with Gasteiger partial charge in [0, 0.05) is 0 Å². The maximum absolute atomic E-state index is 11.4. The lowest BCUT2D eigenvalue weighted by Crippen LogP contribution is -2.43. The van der Waals surface area contributed by atoms with Gasteiger partial charge in [0.2, 0.25) is 0 Å². The molecule has 6 nitrogen and oxygen atoms in total. The molecule has 0 N–H and O–H groups in total. The summed E-state index contributed by atoms with van der Waals surface area (Å²) in [4.78, 5) is 22.8. The van der Waals surface area contributed by atoms with E-state index in [-0.39, 0.29) is 0 Å². The predicted molar refractivity (Wildman–Crippen MR) is 48.3 cm³/mol. The highest BCUT2D eigenvalue weighted by Crippen LogP contribution is 2.38. The van der Waals surface area contributed by atoms with Crippen LogP contribution < -0.4 is 0 Å². The molecule has 2 rings (SSSR count). The quantitative estimate of drug-likeness (QED) is 0.553. The molecular formula is C8H12O6Si. The van der Waals surface area contributed by atoms with Gasteiger partial charge in [0.1, 0.15) is 0 Å². The molecule has 0 bridgehead atoms. The van der Waals surface area contributed by atoms with Crippen molar-refractivity contribution in [2.45, 2.75) is 38.9 Å².